The van der Waals surface area contributed by atoms with E-state index in [2.05, 4.69) is 15.9 Å². The van der Waals surface area contributed by atoms with Crippen molar-refractivity contribution in [2.75, 3.05) is 0 Å². The third-order valence-corrected chi connectivity index (χ3v) is 2.97. The molecule has 0 amide bonds. The third kappa shape index (κ3) is 1.28. The van der Waals surface area contributed by atoms with Crippen LogP contribution in [0.2, 0.25) is 0 Å². The molecule has 1 rings (SSSR count). The molecule has 1 aromatic rings. The molecule has 0 fully saturated rings. The van der Waals surface area contributed by atoms with E-state index in [-0.39, 0.29) is 5.75 Å². The Morgan fingerprint density at radius 3 is 2.08 bits per heavy atom. The molecule has 4 heteroatoms. The predicted molar refractivity (Wildman–Crippen MR) is 56.1 cm³/mol. The topological polar surface area (TPSA) is 20.2 Å². The highest BCUT2D eigenvalue weighted by atomic mass is 79.9. The Bertz CT molecular complexity index is 231. The number of benzene rings is 1. The van der Waals surface area contributed by atoms with Gasteiger partial charge in [-0.05, 0) is 35.3 Å². The molecular weight excluding hydrogens is 214 g/mol. The van der Waals surface area contributed by atoms with E-state index in [0.717, 1.165) is 11.1 Å². The summed E-state index contributed by atoms with van der Waals surface area (Å²) in [4.78, 5) is 0. The van der Waals surface area contributed by atoms with Gasteiger partial charge in [0.2, 0.25) is 0 Å². The highest BCUT2D eigenvalue weighted by Gasteiger charge is 2.10. The number of halogens is 1. The van der Waals surface area contributed by atoms with Gasteiger partial charge >= 0.3 is 0 Å². The molecule has 1 aromatic carbocycles. The summed E-state index contributed by atoms with van der Waals surface area (Å²) in [6, 6.07) is 0. The van der Waals surface area contributed by atoms with Crippen molar-refractivity contribution in [3.05, 3.63) is 15.6 Å². The molecular formula is C8H7B2BrO. The summed E-state index contributed by atoms with van der Waals surface area (Å²) < 4.78 is 0.572. The normalized spacial score (nSPS) is 10.2. The number of hydrogen-bond donors (Lipinski definition) is 1. The van der Waals surface area contributed by atoms with Crippen molar-refractivity contribution in [1.29, 1.82) is 0 Å². The quantitative estimate of drug-likeness (QED) is 0.626. The Labute approximate surface area is 83.1 Å². The second-order valence-electron chi connectivity index (χ2n) is 2.74. The van der Waals surface area contributed by atoms with Crippen molar-refractivity contribution in [3.63, 3.8) is 0 Å². The molecule has 0 aromatic heterocycles. The molecule has 0 unspecified atom stereocenters. The van der Waals surface area contributed by atoms with E-state index in [4.69, 9.17) is 15.7 Å². The Morgan fingerprint density at radius 2 is 1.58 bits per heavy atom. The van der Waals surface area contributed by atoms with Crippen LogP contribution >= 0.6 is 15.9 Å². The Kier molecular flexibility index (Phi) is 2.57. The number of aromatic hydroxyl groups is 1. The van der Waals surface area contributed by atoms with Crippen LogP contribution in [0.15, 0.2) is 4.47 Å². The lowest BCUT2D eigenvalue weighted by Gasteiger charge is -2.13. The summed E-state index contributed by atoms with van der Waals surface area (Å²) in [5, 5.41) is 9.46. The number of hydrogen-bond acceptors (Lipinski definition) is 1. The van der Waals surface area contributed by atoms with Gasteiger partial charge in [-0.3, -0.25) is 0 Å². The number of rotatable bonds is 0. The van der Waals surface area contributed by atoms with Crippen molar-refractivity contribution in [1.82, 2.24) is 0 Å². The molecule has 12 heavy (non-hydrogen) atoms. The molecule has 0 saturated heterocycles. The van der Waals surface area contributed by atoms with E-state index >= 15 is 0 Å². The molecule has 0 aliphatic rings. The number of phenols is 1. The van der Waals surface area contributed by atoms with Crippen LogP contribution in [0.25, 0.3) is 0 Å². The van der Waals surface area contributed by atoms with Crippen molar-refractivity contribution < 1.29 is 5.11 Å². The molecule has 0 saturated carbocycles. The Balaban J connectivity index is 3.60. The fraction of sp³-hybridized carbons (Fsp3) is 0.250. The lowest BCUT2D eigenvalue weighted by Crippen LogP contribution is -2.23. The summed E-state index contributed by atoms with van der Waals surface area (Å²) in [6.07, 6.45) is 0. The fourth-order valence-corrected chi connectivity index (χ4v) is 1.45. The van der Waals surface area contributed by atoms with E-state index in [0.29, 0.717) is 15.4 Å². The highest BCUT2D eigenvalue weighted by Crippen LogP contribution is 2.24. The second kappa shape index (κ2) is 3.17. The van der Waals surface area contributed by atoms with Crippen LogP contribution in [0.3, 0.4) is 0 Å². The van der Waals surface area contributed by atoms with Crippen LogP contribution < -0.4 is 10.9 Å². The Morgan fingerprint density at radius 1 is 1.08 bits per heavy atom. The molecule has 0 heterocycles. The first kappa shape index (κ1) is 9.72. The third-order valence-electron chi connectivity index (χ3n) is 2.00. The lowest BCUT2D eigenvalue weighted by molar-refractivity contribution is 0.475. The van der Waals surface area contributed by atoms with E-state index in [1.165, 1.54) is 0 Å². The van der Waals surface area contributed by atoms with Gasteiger partial charge in [-0.1, -0.05) is 16.5 Å². The molecule has 0 aliphatic heterocycles. The minimum atomic E-state index is 0.0687. The molecule has 4 radical (unpaired) electrons. The largest absolute Gasteiger partial charge is 0.507 e. The molecule has 0 spiro atoms. The highest BCUT2D eigenvalue weighted by molar-refractivity contribution is 9.10. The molecule has 1 N–H and O–H groups in total. The summed E-state index contributed by atoms with van der Waals surface area (Å²) >= 11 is 3.20. The lowest BCUT2D eigenvalue weighted by atomic mass is 9.78. The molecule has 0 aliphatic carbocycles. The van der Waals surface area contributed by atoms with E-state index < -0.39 is 0 Å². The van der Waals surface area contributed by atoms with Crippen molar-refractivity contribution >= 4 is 42.5 Å². The average molecular weight is 221 g/mol. The van der Waals surface area contributed by atoms with Crippen molar-refractivity contribution in [2.24, 2.45) is 0 Å². The van der Waals surface area contributed by atoms with Gasteiger partial charge in [-0.25, -0.2) is 0 Å². The zero-order valence-electron chi connectivity index (χ0n) is 6.98. The van der Waals surface area contributed by atoms with Gasteiger partial charge < -0.3 is 5.11 Å². The van der Waals surface area contributed by atoms with E-state index in [9.17, 15) is 5.11 Å². The zero-order chi connectivity index (χ0) is 9.46. The first-order chi connectivity index (χ1) is 5.46. The van der Waals surface area contributed by atoms with Crippen LogP contribution in [0.4, 0.5) is 0 Å². The molecule has 58 valence electrons. The van der Waals surface area contributed by atoms with E-state index in [1.807, 2.05) is 6.92 Å². The zero-order valence-corrected chi connectivity index (χ0v) is 8.57. The maximum Gasteiger partial charge on any atom is 0.123 e. The van der Waals surface area contributed by atoms with Crippen LogP contribution in [-0.4, -0.2) is 20.8 Å². The van der Waals surface area contributed by atoms with Gasteiger partial charge in [0.25, 0.3) is 0 Å². The van der Waals surface area contributed by atoms with Crippen LogP contribution in [0.5, 0.6) is 5.75 Å². The summed E-state index contributed by atoms with van der Waals surface area (Å²) in [6.45, 7) is 3.61. The molecule has 1 nitrogen and oxygen atoms in total. The minimum absolute atomic E-state index is 0.0687. The summed E-state index contributed by atoms with van der Waals surface area (Å²) in [5.74, 6) is 0.0687. The standard InChI is InChI=1S/C8H7B2BrO/c1-3-5(9)4(2)7(11)8(12)6(3)10/h12H,1-2H3. The van der Waals surface area contributed by atoms with Gasteiger partial charge in [0, 0.05) is 0 Å². The Hall–Kier alpha value is -0.370. The fourth-order valence-electron chi connectivity index (χ4n) is 1.02. The molecule has 0 bridgehead atoms. The van der Waals surface area contributed by atoms with Gasteiger partial charge in [0.15, 0.2) is 0 Å². The van der Waals surface area contributed by atoms with Gasteiger partial charge in [0.05, 0.1) is 4.47 Å². The smallest absolute Gasteiger partial charge is 0.123 e. The maximum absolute atomic E-state index is 9.46. The van der Waals surface area contributed by atoms with Crippen LogP contribution in [-0.2, 0) is 0 Å². The van der Waals surface area contributed by atoms with Crippen LogP contribution in [0.1, 0.15) is 11.1 Å². The average Bonchev–Trinajstić information content (AvgIpc) is 2.08. The monoisotopic (exact) mass is 220 g/mol. The van der Waals surface area contributed by atoms with E-state index in [1.54, 1.807) is 6.92 Å². The second-order valence-corrected chi connectivity index (χ2v) is 3.53. The minimum Gasteiger partial charge on any atom is -0.507 e. The van der Waals surface area contributed by atoms with Crippen molar-refractivity contribution in [2.45, 2.75) is 13.8 Å². The SMILES string of the molecule is [B]c1c(C)c([B])c(O)c(Br)c1C. The van der Waals surface area contributed by atoms with Crippen LogP contribution in [0, 0.1) is 13.8 Å². The van der Waals surface area contributed by atoms with Gasteiger partial charge in [-0.2, -0.15) is 0 Å². The number of phenolic OH excluding ortho intramolecular Hbond substituents is 1. The van der Waals surface area contributed by atoms with Gasteiger partial charge in [-0.15, -0.1) is 0 Å². The first-order valence-electron chi connectivity index (χ1n) is 3.49. The van der Waals surface area contributed by atoms with Crippen molar-refractivity contribution in [3.8, 4) is 5.75 Å². The van der Waals surface area contributed by atoms with Gasteiger partial charge in [0.1, 0.15) is 21.4 Å². The molecule has 0 atom stereocenters. The first-order valence-corrected chi connectivity index (χ1v) is 4.28. The maximum atomic E-state index is 9.46. The summed E-state index contributed by atoms with van der Waals surface area (Å²) in [7, 11) is 11.3. The predicted octanol–water partition coefficient (Wildman–Crippen LogP) is 0.359. The summed E-state index contributed by atoms with van der Waals surface area (Å²) in [5.41, 5.74) is 2.51.